The smallest absolute Gasteiger partial charge is 0.236 e. The molecule has 1 fully saturated rings. The summed E-state index contributed by atoms with van der Waals surface area (Å²) in [4.78, 5) is 13.8. The lowest BCUT2D eigenvalue weighted by Gasteiger charge is -2.20. The van der Waals surface area contributed by atoms with Crippen molar-refractivity contribution in [3.63, 3.8) is 0 Å². The van der Waals surface area contributed by atoms with Crippen LogP contribution in [0.15, 0.2) is 24.3 Å². The highest BCUT2D eigenvalue weighted by molar-refractivity contribution is 5.78. The van der Waals surface area contributed by atoms with Crippen LogP contribution in [0, 0.1) is 0 Å². The van der Waals surface area contributed by atoms with Crippen molar-refractivity contribution in [1.29, 1.82) is 0 Å². The monoisotopic (exact) mass is 246 g/mol. The van der Waals surface area contributed by atoms with E-state index in [1.807, 2.05) is 4.90 Å². The Morgan fingerprint density at radius 1 is 1.22 bits per heavy atom. The Morgan fingerprint density at radius 2 is 1.94 bits per heavy atom. The number of hydrogen-bond donors (Lipinski definition) is 1. The number of hydrogen-bond acceptors (Lipinski definition) is 2. The maximum absolute atomic E-state index is 11.8. The highest BCUT2D eigenvalue weighted by Crippen LogP contribution is 2.07. The van der Waals surface area contributed by atoms with E-state index in [4.69, 9.17) is 0 Å². The fourth-order valence-corrected chi connectivity index (χ4v) is 2.27. The Kier molecular flexibility index (Phi) is 4.76. The van der Waals surface area contributed by atoms with E-state index in [-0.39, 0.29) is 5.91 Å². The molecule has 0 spiro atoms. The fraction of sp³-hybridized carbons (Fsp3) is 0.533. The number of nitrogens with one attached hydrogen (secondary N) is 1. The largest absolute Gasteiger partial charge is 0.341 e. The molecule has 98 valence electrons. The molecule has 0 unspecified atom stereocenters. The van der Waals surface area contributed by atoms with Crippen LogP contribution in [0.25, 0.3) is 0 Å². The molecule has 1 aromatic carbocycles. The topological polar surface area (TPSA) is 32.3 Å². The second-order valence-corrected chi connectivity index (χ2v) is 4.83. The van der Waals surface area contributed by atoms with Crippen LogP contribution in [0.5, 0.6) is 0 Å². The molecule has 1 aliphatic rings. The predicted octanol–water partition coefficient (Wildman–Crippen LogP) is 1.61. The Labute approximate surface area is 109 Å². The van der Waals surface area contributed by atoms with Crippen molar-refractivity contribution in [3.05, 3.63) is 35.4 Å². The van der Waals surface area contributed by atoms with Crippen molar-refractivity contribution in [3.8, 4) is 0 Å². The number of amides is 1. The van der Waals surface area contributed by atoms with Crippen molar-refractivity contribution in [1.82, 2.24) is 10.2 Å². The number of nitrogens with zero attached hydrogens (tertiary/aromatic N) is 1. The van der Waals surface area contributed by atoms with Crippen LogP contribution in [0.2, 0.25) is 0 Å². The summed E-state index contributed by atoms with van der Waals surface area (Å²) in [5, 5.41) is 3.15. The number of aryl methyl sites for hydroxylation is 1. The maximum Gasteiger partial charge on any atom is 0.236 e. The molecule has 0 saturated carbocycles. The summed E-state index contributed by atoms with van der Waals surface area (Å²) in [5.74, 6) is 0.234. The Morgan fingerprint density at radius 3 is 2.67 bits per heavy atom. The highest BCUT2D eigenvalue weighted by atomic mass is 16.2. The first-order valence-electron chi connectivity index (χ1n) is 6.86. The van der Waals surface area contributed by atoms with Gasteiger partial charge in [-0.25, -0.2) is 0 Å². The van der Waals surface area contributed by atoms with Gasteiger partial charge in [0.15, 0.2) is 0 Å². The van der Waals surface area contributed by atoms with Crippen molar-refractivity contribution < 1.29 is 4.79 Å². The first-order valence-corrected chi connectivity index (χ1v) is 6.86. The zero-order valence-corrected chi connectivity index (χ0v) is 11.1. The first-order chi connectivity index (χ1) is 8.79. The summed E-state index contributed by atoms with van der Waals surface area (Å²) in [5.41, 5.74) is 2.69. The normalized spacial score (nSPS) is 16.7. The van der Waals surface area contributed by atoms with Crippen LogP contribution >= 0.6 is 0 Å². The molecule has 1 N–H and O–H groups in total. The van der Waals surface area contributed by atoms with E-state index in [0.29, 0.717) is 6.54 Å². The number of carbonyl (C=O) groups excluding carboxylic acids is 1. The van der Waals surface area contributed by atoms with Gasteiger partial charge in [-0.05, 0) is 36.9 Å². The lowest BCUT2D eigenvalue weighted by Crippen LogP contribution is -2.36. The van der Waals surface area contributed by atoms with Gasteiger partial charge in [0.25, 0.3) is 0 Å². The fourth-order valence-electron chi connectivity index (χ4n) is 2.27. The zero-order chi connectivity index (χ0) is 12.8. The van der Waals surface area contributed by atoms with E-state index in [1.165, 1.54) is 11.1 Å². The molecule has 1 aliphatic heterocycles. The minimum absolute atomic E-state index is 0.234. The average molecular weight is 246 g/mol. The number of rotatable bonds is 4. The summed E-state index contributed by atoms with van der Waals surface area (Å²) < 4.78 is 0. The zero-order valence-electron chi connectivity index (χ0n) is 11.1. The summed E-state index contributed by atoms with van der Waals surface area (Å²) in [6.45, 7) is 5.34. The van der Waals surface area contributed by atoms with Crippen LogP contribution in [-0.4, -0.2) is 37.0 Å². The molecule has 18 heavy (non-hydrogen) atoms. The molecule has 0 bridgehead atoms. The SMILES string of the molecule is CCc1ccc(CCN2CCCNCC2=O)cc1. The minimum atomic E-state index is 0.234. The van der Waals surface area contributed by atoms with Gasteiger partial charge >= 0.3 is 0 Å². The quantitative estimate of drug-likeness (QED) is 0.875. The maximum atomic E-state index is 11.8. The summed E-state index contributed by atoms with van der Waals surface area (Å²) in [7, 11) is 0. The van der Waals surface area contributed by atoms with Crippen molar-refractivity contribution in [2.75, 3.05) is 26.2 Å². The van der Waals surface area contributed by atoms with Crippen LogP contribution in [0.1, 0.15) is 24.5 Å². The minimum Gasteiger partial charge on any atom is -0.341 e. The number of carbonyl (C=O) groups is 1. The van der Waals surface area contributed by atoms with Gasteiger partial charge in [0, 0.05) is 13.1 Å². The van der Waals surface area contributed by atoms with Gasteiger partial charge in [0.1, 0.15) is 0 Å². The molecule has 1 amide bonds. The third-order valence-corrected chi connectivity index (χ3v) is 3.51. The molecular formula is C15H22N2O. The molecule has 1 aromatic rings. The van der Waals surface area contributed by atoms with Gasteiger partial charge in [-0.1, -0.05) is 31.2 Å². The summed E-state index contributed by atoms with van der Waals surface area (Å²) in [6, 6.07) is 8.72. The van der Waals surface area contributed by atoms with Crippen LogP contribution < -0.4 is 5.32 Å². The first kappa shape index (κ1) is 13.1. The van der Waals surface area contributed by atoms with E-state index >= 15 is 0 Å². The molecule has 0 aromatic heterocycles. The molecule has 0 radical (unpaired) electrons. The van der Waals surface area contributed by atoms with Crippen LogP contribution in [0.4, 0.5) is 0 Å². The third-order valence-electron chi connectivity index (χ3n) is 3.51. The second kappa shape index (κ2) is 6.55. The molecule has 1 heterocycles. The Hall–Kier alpha value is -1.35. The van der Waals surface area contributed by atoms with E-state index in [0.717, 1.165) is 38.9 Å². The third kappa shape index (κ3) is 3.57. The van der Waals surface area contributed by atoms with Crippen molar-refractivity contribution in [2.45, 2.75) is 26.2 Å². The lowest BCUT2D eigenvalue weighted by atomic mass is 10.1. The van der Waals surface area contributed by atoms with Crippen LogP contribution in [0.3, 0.4) is 0 Å². The molecule has 0 atom stereocenters. The van der Waals surface area contributed by atoms with Crippen molar-refractivity contribution in [2.24, 2.45) is 0 Å². The molecule has 3 nitrogen and oxygen atoms in total. The average Bonchev–Trinajstić information content (AvgIpc) is 2.62. The van der Waals surface area contributed by atoms with Crippen molar-refractivity contribution >= 4 is 5.91 Å². The van der Waals surface area contributed by atoms with E-state index in [9.17, 15) is 4.79 Å². The van der Waals surface area contributed by atoms with Gasteiger partial charge in [0.05, 0.1) is 6.54 Å². The van der Waals surface area contributed by atoms with E-state index < -0.39 is 0 Å². The number of benzene rings is 1. The molecule has 0 aliphatic carbocycles. The summed E-state index contributed by atoms with van der Waals surface area (Å²) >= 11 is 0. The predicted molar refractivity (Wildman–Crippen MR) is 73.6 cm³/mol. The second-order valence-electron chi connectivity index (χ2n) is 4.83. The van der Waals surface area contributed by atoms with Gasteiger partial charge in [-0.2, -0.15) is 0 Å². The Balaban J connectivity index is 1.87. The van der Waals surface area contributed by atoms with E-state index in [2.05, 4.69) is 36.5 Å². The van der Waals surface area contributed by atoms with Gasteiger partial charge < -0.3 is 10.2 Å². The van der Waals surface area contributed by atoms with Gasteiger partial charge in [-0.3, -0.25) is 4.79 Å². The van der Waals surface area contributed by atoms with Crippen LogP contribution in [-0.2, 0) is 17.6 Å². The van der Waals surface area contributed by atoms with Gasteiger partial charge in [-0.15, -0.1) is 0 Å². The van der Waals surface area contributed by atoms with Gasteiger partial charge in [0.2, 0.25) is 5.91 Å². The summed E-state index contributed by atoms with van der Waals surface area (Å²) in [6.07, 6.45) is 3.09. The molecule has 1 saturated heterocycles. The highest BCUT2D eigenvalue weighted by Gasteiger charge is 2.15. The van der Waals surface area contributed by atoms with E-state index in [1.54, 1.807) is 0 Å². The molecule has 3 heteroatoms. The Bertz CT molecular complexity index is 386. The lowest BCUT2D eigenvalue weighted by molar-refractivity contribution is -0.129. The standard InChI is InChI=1S/C15H22N2O/c1-2-13-4-6-14(7-5-13)8-11-17-10-3-9-16-12-15(17)18/h4-7,16H,2-3,8-12H2,1H3. The molecular weight excluding hydrogens is 224 g/mol. The molecule has 2 rings (SSSR count).